The van der Waals surface area contributed by atoms with Crippen LogP contribution < -0.4 is 0 Å². The molecule has 0 N–H and O–H groups in total. The number of hydrogen-bond donors (Lipinski definition) is 0. The molecular weight excluding hydrogens is 291 g/mol. The van der Waals surface area contributed by atoms with Crippen molar-refractivity contribution < 1.29 is 49.9 Å². The molecule has 0 spiro atoms. The van der Waals surface area contributed by atoms with E-state index in [0.717, 1.165) is 6.42 Å². The summed E-state index contributed by atoms with van der Waals surface area (Å²) in [5, 5.41) is 0. The third-order valence-corrected chi connectivity index (χ3v) is 1.73. The summed E-state index contributed by atoms with van der Waals surface area (Å²) in [4.78, 5) is 0. The molecule has 1 atom stereocenters. The molecule has 0 fully saturated rings. The molecule has 0 aromatic rings. The predicted octanol–water partition coefficient (Wildman–Crippen LogP) is 2.91. The molecule has 0 saturated carbocycles. The van der Waals surface area contributed by atoms with Gasteiger partial charge in [-0.25, -0.2) is 0 Å². The maximum Gasteiger partial charge on any atom is 0.494 e. The van der Waals surface area contributed by atoms with Crippen molar-refractivity contribution in [3.63, 3.8) is 0 Å². The topological polar surface area (TPSA) is 26.3 Å². The Morgan fingerprint density at radius 2 is 1.82 bits per heavy atom. The molecule has 11 heavy (non-hydrogen) atoms. The van der Waals surface area contributed by atoms with Gasteiger partial charge in [0.25, 0.3) is 0 Å². The minimum Gasteiger partial charge on any atom is -0.148 e. The maximum absolute atomic E-state index is 9.82. The summed E-state index contributed by atoms with van der Waals surface area (Å²) in [7, 11) is -0.580. The number of hydrogen-bond acceptors (Lipinski definition) is 2. The Kier molecular flexibility index (Phi) is 18.9. The van der Waals surface area contributed by atoms with Gasteiger partial charge in [0.2, 0.25) is 0 Å². The summed E-state index contributed by atoms with van der Waals surface area (Å²) >= 11 is 0. The van der Waals surface area contributed by atoms with E-state index in [1.165, 1.54) is 25.7 Å². The van der Waals surface area contributed by atoms with Gasteiger partial charge in [-0.1, -0.05) is 32.6 Å². The molecule has 2 nitrogen and oxygen atoms in total. The summed E-state index contributed by atoms with van der Waals surface area (Å²) in [6.07, 6.45) is 6.11. The van der Waals surface area contributed by atoms with Crippen LogP contribution in [0.1, 0.15) is 39.0 Å². The summed E-state index contributed by atoms with van der Waals surface area (Å²) in [6, 6.07) is 0. The minimum atomic E-state index is -0.580. The Morgan fingerprint density at radius 3 is 2.36 bits per heavy atom. The summed E-state index contributed by atoms with van der Waals surface area (Å²) in [5.41, 5.74) is 0. The van der Waals surface area contributed by atoms with Crippen molar-refractivity contribution in [2.75, 3.05) is 6.61 Å². The summed E-state index contributed by atoms with van der Waals surface area (Å²) in [5.74, 6) is 0. The average molecular weight is 307 g/mol. The van der Waals surface area contributed by atoms with Crippen molar-refractivity contribution in [3.8, 4) is 0 Å². The molecule has 0 aromatic carbocycles. The van der Waals surface area contributed by atoms with Crippen molar-refractivity contribution in [2.45, 2.75) is 39.0 Å². The third-order valence-electron chi connectivity index (χ3n) is 1.41. The standard InChI is InChI=1S/C7H16O2P.Nd/c1-2-3-4-5-6-7-9-10-8;/h10H,2-7H2,1H3;/q+1;. The van der Waals surface area contributed by atoms with Gasteiger partial charge in [0.05, 0.1) is 0 Å². The molecule has 0 saturated heterocycles. The van der Waals surface area contributed by atoms with Crippen molar-refractivity contribution in [3.05, 3.63) is 0 Å². The molecule has 64 valence electrons. The van der Waals surface area contributed by atoms with Gasteiger partial charge < -0.3 is 0 Å². The van der Waals surface area contributed by atoms with Crippen LogP contribution in [0.3, 0.4) is 0 Å². The summed E-state index contributed by atoms with van der Waals surface area (Å²) < 4.78 is 14.5. The van der Waals surface area contributed by atoms with Crippen LogP contribution in [0.5, 0.6) is 0 Å². The average Bonchev–Trinajstić information content (AvgIpc) is 1.97. The fourth-order valence-corrected chi connectivity index (χ4v) is 1.05. The van der Waals surface area contributed by atoms with E-state index in [0.29, 0.717) is 6.61 Å². The first-order valence-electron chi connectivity index (χ1n) is 3.90. The van der Waals surface area contributed by atoms with Crippen LogP contribution in [0.15, 0.2) is 0 Å². The molecule has 0 aliphatic carbocycles. The Morgan fingerprint density at radius 1 is 1.18 bits per heavy atom. The Bertz CT molecular complexity index is 80.8. The SMILES string of the molecule is CCCCCCCO[PH+]=O.[Nd]. The van der Waals surface area contributed by atoms with Crippen LogP contribution in [0.2, 0.25) is 0 Å². The van der Waals surface area contributed by atoms with Gasteiger partial charge in [0.1, 0.15) is 6.61 Å². The molecule has 0 amide bonds. The first kappa shape index (κ1) is 14.9. The molecular formula is C7H16NdO2P+. The molecule has 1 unspecified atom stereocenters. The van der Waals surface area contributed by atoms with E-state index >= 15 is 0 Å². The zero-order valence-electron chi connectivity index (χ0n) is 7.06. The number of rotatable bonds is 7. The van der Waals surface area contributed by atoms with E-state index in [-0.39, 0.29) is 40.8 Å². The smallest absolute Gasteiger partial charge is 0.148 e. The minimum absolute atomic E-state index is 0. The van der Waals surface area contributed by atoms with Crippen LogP contribution in [0.25, 0.3) is 0 Å². The normalized spacial score (nSPS) is 9.55. The van der Waals surface area contributed by atoms with E-state index in [1.807, 2.05) is 0 Å². The Balaban J connectivity index is 0. The van der Waals surface area contributed by atoms with Crippen LogP contribution in [-0.4, -0.2) is 6.61 Å². The second kappa shape index (κ2) is 14.0. The van der Waals surface area contributed by atoms with Crippen LogP contribution in [0.4, 0.5) is 0 Å². The molecule has 0 heterocycles. The van der Waals surface area contributed by atoms with Gasteiger partial charge in [-0.2, -0.15) is 0 Å². The zero-order valence-corrected chi connectivity index (χ0v) is 11.3. The van der Waals surface area contributed by atoms with Gasteiger partial charge in [0, 0.05) is 40.8 Å². The molecule has 0 aromatic heterocycles. The Hall–Kier alpha value is 1.41. The van der Waals surface area contributed by atoms with Crippen molar-refractivity contribution in [2.24, 2.45) is 0 Å². The second-order valence-corrected chi connectivity index (χ2v) is 2.80. The quantitative estimate of drug-likeness (QED) is 0.534. The predicted molar refractivity (Wildman–Crippen MR) is 43.7 cm³/mol. The van der Waals surface area contributed by atoms with Gasteiger partial charge >= 0.3 is 8.69 Å². The third kappa shape index (κ3) is 14.3. The molecule has 0 rings (SSSR count). The zero-order chi connectivity index (χ0) is 7.66. The van der Waals surface area contributed by atoms with Crippen molar-refractivity contribution in [1.29, 1.82) is 0 Å². The van der Waals surface area contributed by atoms with E-state index in [1.54, 1.807) is 0 Å². The van der Waals surface area contributed by atoms with Crippen molar-refractivity contribution >= 4 is 8.69 Å². The number of unbranched alkanes of at least 4 members (excludes halogenated alkanes) is 4. The maximum atomic E-state index is 9.82. The molecule has 4 heteroatoms. The van der Waals surface area contributed by atoms with E-state index in [4.69, 9.17) is 0 Å². The fraction of sp³-hybridized carbons (Fsp3) is 1.00. The monoisotopic (exact) mass is 305 g/mol. The first-order valence-corrected chi connectivity index (χ1v) is 4.72. The van der Waals surface area contributed by atoms with E-state index in [9.17, 15) is 4.57 Å². The van der Waals surface area contributed by atoms with Crippen LogP contribution in [0, 0.1) is 40.8 Å². The van der Waals surface area contributed by atoms with Gasteiger partial charge in [0.15, 0.2) is 0 Å². The molecule has 0 bridgehead atoms. The van der Waals surface area contributed by atoms with Gasteiger partial charge in [-0.3, -0.25) is 0 Å². The van der Waals surface area contributed by atoms with Crippen LogP contribution in [-0.2, 0) is 9.09 Å². The van der Waals surface area contributed by atoms with Crippen molar-refractivity contribution in [1.82, 2.24) is 0 Å². The van der Waals surface area contributed by atoms with E-state index < -0.39 is 8.69 Å². The fourth-order valence-electron chi connectivity index (χ4n) is 0.819. The molecule has 0 aliphatic rings. The second-order valence-electron chi connectivity index (χ2n) is 2.35. The molecule has 0 radical (unpaired) electrons. The summed E-state index contributed by atoms with van der Waals surface area (Å²) in [6.45, 7) is 2.85. The van der Waals surface area contributed by atoms with Gasteiger partial charge in [-0.15, -0.1) is 4.52 Å². The van der Waals surface area contributed by atoms with Gasteiger partial charge in [-0.05, 0) is 11.0 Å². The molecule has 0 aliphatic heterocycles. The van der Waals surface area contributed by atoms with Crippen LogP contribution >= 0.6 is 8.69 Å². The largest absolute Gasteiger partial charge is 0.494 e. The first-order chi connectivity index (χ1) is 4.91. The van der Waals surface area contributed by atoms with E-state index in [2.05, 4.69) is 11.4 Å². The Labute approximate surface area is 103 Å².